The fourth-order valence-corrected chi connectivity index (χ4v) is 4.12. The summed E-state index contributed by atoms with van der Waals surface area (Å²) in [6.45, 7) is 0. The van der Waals surface area contributed by atoms with Crippen LogP contribution in [0.1, 0.15) is 34.2 Å². The second-order valence-corrected chi connectivity index (χ2v) is 8.24. The van der Waals surface area contributed by atoms with Gasteiger partial charge >= 0.3 is 0 Å². The van der Waals surface area contributed by atoms with Gasteiger partial charge in [0.1, 0.15) is 11.4 Å². The van der Waals surface area contributed by atoms with Crippen molar-refractivity contribution in [1.29, 1.82) is 0 Å². The molecular formula is C26H21ClN4O2. The lowest BCUT2D eigenvalue weighted by Gasteiger charge is -2.15. The van der Waals surface area contributed by atoms with E-state index >= 15 is 0 Å². The number of ether oxygens (including phenoxy) is 1. The number of fused-ring (bicyclic) bond motifs is 1. The summed E-state index contributed by atoms with van der Waals surface area (Å²) < 4.78 is 5.25. The Bertz CT molecular complexity index is 1310. The van der Waals surface area contributed by atoms with E-state index in [2.05, 4.69) is 15.3 Å². The number of halogens is 1. The van der Waals surface area contributed by atoms with Crippen LogP contribution in [0.2, 0.25) is 5.02 Å². The van der Waals surface area contributed by atoms with Gasteiger partial charge in [0.15, 0.2) is 5.82 Å². The van der Waals surface area contributed by atoms with Gasteiger partial charge in [0.2, 0.25) is 0 Å². The minimum absolute atomic E-state index is 0.0837. The second kappa shape index (κ2) is 9.00. The minimum Gasteiger partial charge on any atom is -0.497 e. The zero-order chi connectivity index (χ0) is 22.8. The van der Waals surface area contributed by atoms with E-state index < -0.39 is 0 Å². The summed E-state index contributed by atoms with van der Waals surface area (Å²) in [7, 11) is 1.62. The molecule has 1 N–H and O–H groups in total. The van der Waals surface area contributed by atoms with Crippen LogP contribution in [-0.4, -0.2) is 28.0 Å². The molecule has 1 amide bonds. The molecule has 2 aromatic carbocycles. The Morgan fingerprint density at radius 1 is 1.03 bits per heavy atom. The van der Waals surface area contributed by atoms with Crippen LogP contribution in [0.3, 0.4) is 0 Å². The Balaban J connectivity index is 1.52. The fourth-order valence-electron chi connectivity index (χ4n) is 4.00. The molecule has 5 rings (SSSR count). The van der Waals surface area contributed by atoms with Gasteiger partial charge in [-0.1, -0.05) is 29.8 Å². The molecule has 4 aromatic rings. The van der Waals surface area contributed by atoms with Crippen molar-refractivity contribution in [2.45, 2.75) is 18.9 Å². The molecule has 0 radical (unpaired) electrons. The maximum atomic E-state index is 13.3. The smallest absolute Gasteiger partial charge is 0.270 e. The van der Waals surface area contributed by atoms with Crippen LogP contribution in [-0.2, 0) is 6.42 Å². The van der Waals surface area contributed by atoms with Crippen LogP contribution < -0.4 is 10.1 Å². The van der Waals surface area contributed by atoms with E-state index in [4.69, 9.17) is 21.3 Å². The number of methoxy groups -OCH3 is 1. The van der Waals surface area contributed by atoms with E-state index in [1.54, 1.807) is 31.5 Å². The quantitative estimate of drug-likeness (QED) is 0.441. The van der Waals surface area contributed by atoms with E-state index in [0.717, 1.165) is 41.0 Å². The molecule has 1 aliphatic rings. The Hall–Kier alpha value is -3.77. The van der Waals surface area contributed by atoms with Crippen LogP contribution in [0, 0.1) is 0 Å². The topological polar surface area (TPSA) is 77.0 Å². The third kappa shape index (κ3) is 4.43. The molecule has 1 atom stereocenters. The fraction of sp³-hybridized carbons (Fsp3) is 0.154. The first-order chi connectivity index (χ1) is 16.1. The summed E-state index contributed by atoms with van der Waals surface area (Å²) in [5.74, 6) is 0.951. The molecule has 0 aliphatic heterocycles. The van der Waals surface area contributed by atoms with E-state index in [1.165, 1.54) is 0 Å². The lowest BCUT2D eigenvalue weighted by Crippen LogP contribution is -2.28. The lowest BCUT2D eigenvalue weighted by atomic mass is 10.1. The van der Waals surface area contributed by atoms with Crippen LogP contribution in [0.15, 0.2) is 72.9 Å². The lowest BCUT2D eigenvalue weighted by molar-refractivity contribution is 0.0931. The highest BCUT2D eigenvalue weighted by Crippen LogP contribution is 2.30. The molecule has 2 heterocycles. The third-order valence-corrected chi connectivity index (χ3v) is 5.97. The summed E-state index contributed by atoms with van der Waals surface area (Å²) in [5.41, 5.74) is 4.68. The molecule has 0 spiro atoms. The number of hydrogen-bond acceptors (Lipinski definition) is 5. The van der Waals surface area contributed by atoms with Crippen molar-refractivity contribution in [3.63, 3.8) is 0 Å². The zero-order valence-corrected chi connectivity index (χ0v) is 18.7. The average molecular weight is 457 g/mol. The molecule has 164 valence electrons. The minimum atomic E-state index is -0.246. The van der Waals surface area contributed by atoms with Crippen LogP contribution in [0.4, 0.5) is 0 Å². The highest BCUT2D eigenvalue weighted by atomic mass is 35.5. The summed E-state index contributed by atoms with van der Waals surface area (Å²) in [6, 6.07) is 20.3. The van der Waals surface area contributed by atoms with Crippen molar-refractivity contribution >= 4 is 17.5 Å². The van der Waals surface area contributed by atoms with Gasteiger partial charge in [-0.15, -0.1) is 0 Å². The zero-order valence-electron chi connectivity index (χ0n) is 18.0. The number of benzene rings is 2. The van der Waals surface area contributed by atoms with E-state index in [0.29, 0.717) is 22.2 Å². The predicted molar refractivity (Wildman–Crippen MR) is 127 cm³/mol. The van der Waals surface area contributed by atoms with Gasteiger partial charge < -0.3 is 10.1 Å². The van der Waals surface area contributed by atoms with Crippen molar-refractivity contribution in [1.82, 2.24) is 20.3 Å². The monoisotopic (exact) mass is 456 g/mol. The number of aryl methyl sites for hydroxylation is 1. The summed E-state index contributed by atoms with van der Waals surface area (Å²) in [4.78, 5) is 27.0. The molecule has 0 fully saturated rings. The number of rotatable bonds is 5. The average Bonchev–Trinajstić information content (AvgIpc) is 3.27. The van der Waals surface area contributed by atoms with E-state index in [9.17, 15) is 4.79 Å². The maximum Gasteiger partial charge on any atom is 0.270 e. The Morgan fingerprint density at radius 2 is 1.79 bits per heavy atom. The standard InChI is InChI=1S/C26H21ClN4O2/c1-33-19-10-6-17(7-11-19)25-29-23(16-4-8-18(27)9-5-16)15-24(30-25)26(32)31-22-13-12-21-20(22)3-2-14-28-21/h2-11,14-15,22H,12-13H2,1H3,(H,31,32)/t22-/m0/s1. The highest BCUT2D eigenvalue weighted by molar-refractivity contribution is 6.30. The number of pyridine rings is 1. The van der Waals surface area contributed by atoms with Crippen molar-refractivity contribution in [2.75, 3.05) is 7.11 Å². The summed E-state index contributed by atoms with van der Waals surface area (Å²) >= 11 is 6.06. The van der Waals surface area contributed by atoms with Crippen LogP contribution >= 0.6 is 11.6 Å². The van der Waals surface area contributed by atoms with Gasteiger partial charge in [0, 0.05) is 28.0 Å². The van der Waals surface area contributed by atoms with Gasteiger partial charge in [0.25, 0.3) is 5.91 Å². The molecule has 6 nitrogen and oxygen atoms in total. The van der Waals surface area contributed by atoms with E-state index in [-0.39, 0.29) is 11.9 Å². The Morgan fingerprint density at radius 3 is 2.55 bits per heavy atom. The third-order valence-electron chi connectivity index (χ3n) is 5.72. The molecule has 33 heavy (non-hydrogen) atoms. The molecular weight excluding hydrogens is 436 g/mol. The normalized spacial score (nSPS) is 14.5. The first-order valence-electron chi connectivity index (χ1n) is 10.6. The second-order valence-electron chi connectivity index (χ2n) is 7.80. The number of amides is 1. The molecule has 0 saturated heterocycles. The number of hydrogen-bond donors (Lipinski definition) is 1. The molecule has 0 saturated carbocycles. The maximum absolute atomic E-state index is 13.3. The van der Waals surface area contributed by atoms with Crippen molar-refractivity contribution in [3.8, 4) is 28.4 Å². The molecule has 2 aromatic heterocycles. The van der Waals surface area contributed by atoms with E-state index in [1.807, 2.05) is 48.5 Å². The van der Waals surface area contributed by atoms with Crippen molar-refractivity contribution < 1.29 is 9.53 Å². The van der Waals surface area contributed by atoms with Crippen molar-refractivity contribution in [3.05, 3.63) is 94.9 Å². The predicted octanol–water partition coefficient (Wildman–Crippen LogP) is 5.28. The molecule has 1 aliphatic carbocycles. The van der Waals surface area contributed by atoms with Gasteiger partial charge in [-0.3, -0.25) is 9.78 Å². The number of aromatic nitrogens is 3. The van der Waals surface area contributed by atoms with Gasteiger partial charge in [-0.05, 0) is 66.9 Å². The summed E-state index contributed by atoms with van der Waals surface area (Å²) in [5, 5.41) is 3.76. The number of carbonyl (C=O) groups is 1. The first-order valence-corrected chi connectivity index (χ1v) is 11.0. The molecule has 0 unspecified atom stereocenters. The van der Waals surface area contributed by atoms with Crippen LogP contribution in [0.25, 0.3) is 22.6 Å². The molecule has 0 bridgehead atoms. The number of carbonyl (C=O) groups excluding carboxylic acids is 1. The van der Waals surface area contributed by atoms with Crippen LogP contribution in [0.5, 0.6) is 5.75 Å². The van der Waals surface area contributed by atoms with Gasteiger partial charge in [-0.25, -0.2) is 9.97 Å². The largest absolute Gasteiger partial charge is 0.497 e. The number of nitrogens with one attached hydrogen (secondary N) is 1. The Kier molecular flexibility index (Phi) is 5.75. The summed E-state index contributed by atoms with van der Waals surface area (Å²) in [6.07, 6.45) is 3.45. The SMILES string of the molecule is COc1ccc(-c2nc(C(=O)N[C@H]3CCc4ncccc43)cc(-c3ccc(Cl)cc3)n2)cc1. The first kappa shape index (κ1) is 21.1. The number of nitrogens with zero attached hydrogens (tertiary/aromatic N) is 3. The van der Waals surface area contributed by atoms with Gasteiger partial charge in [0.05, 0.1) is 18.8 Å². The molecule has 7 heteroatoms. The van der Waals surface area contributed by atoms with Gasteiger partial charge in [-0.2, -0.15) is 0 Å². The van der Waals surface area contributed by atoms with Crippen molar-refractivity contribution in [2.24, 2.45) is 0 Å². The highest BCUT2D eigenvalue weighted by Gasteiger charge is 2.26. The Labute approximate surface area is 196 Å².